The quantitative estimate of drug-likeness (QED) is 0.875. The molecule has 0 fully saturated rings. The van der Waals surface area contributed by atoms with Crippen LogP contribution < -0.4 is 10.1 Å². The van der Waals surface area contributed by atoms with Crippen LogP contribution in [0, 0.1) is 0 Å². The molecule has 0 aliphatic carbocycles. The molecular weight excluding hydrogens is 310 g/mol. The molecule has 0 aromatic carbocycles. The zero-order valence-corrected chi connectivity index (χ0v) is 12.8. The summed E-state index contributed by atoms with van der Waals surface area (Å²) in [5.41, 5.74) is -0.284. The second kappa shape index (κ2) is 6.67. The van der Waals surface area contributed by atoms with Crippen molar-refractivity contribution < 1.29 is 22.8 Å². The van der Waals surface area contributed by atoms with Crippen molar-refractivity contribution in [2.24, 2.45) is 0 Å². The first kappa shape index (κ1) is 16.8. The van der Waals surface area contributed by atoms with Crippen molar-refractivity contribution in [1.82, 2.24) is 20.4 Å². The fourth-order valence-corrected chi connectivity index (χ4v) is 1.83. The van der Waals surface area contributed by atoms with Crippen molar-refractivity contribution in [1.29, 1.82) is 0 Å². The molecule has 2 heterocycles. The second-order valence-electron chi connectivity index (χ2n) is 5.32. The number of amides is 1. The average molecular weight is 326 g/mol. The molecule has 2 aromatic rings. The predicted octanol–water partition coefficient (Wildman–Crippen LogP) is 2.15. The van der Waals surface area contributed by atoms with E-state index in [0.29, 0.717) is 11.4 Å². The zero-order valence-electron chi connectivity index (χ0n) is 12.8. The lowest BCUT2D eigenvalue weighted by Crippen LogP contribution is -2.40. The number of rotatable bonds is 6. The number of nitrogens with zero attached hydrogens (tertiary/aromatic N) is 3. The largest absolute Gasteiger partial charge is 0.472 e. The maximum atomic E-state index is 12.1. The van der Waals surface area contributed by atoms with Gasteiger partial charge in [-0.1, -0.05) is 5.16 Å². The van der Waals surface area contributed by atoms with Gasteiger partial charge in [-0.25, -0.2) is 13.8 Å². The van der Waals surface area contributed by atoms with Crippen LogP contribution in [0.1, 0.15) is 26.6 Å². The maximum absolute atomic E-state index is 12.1. The van der Waals surface area contributed by atoms with E-state index in [1.165, 1.54) is 19.2 Å². The predicted molar refractivity (Wildman–Crippen MR) is 75.9 cm³/mol. The van der Waals surface area contributed by atoms with Crippen LogP contribution in [0.2, 0.25) is 0 Å². The zero-order chi connectivity index (χ0) is 17.0. The van der Waals surface area contributed by atoms with Crippen molar-refractivity contribution >= 4 is 5.91 Å². The highest BCUT2D eigenvalue weighted by Crippen LogP contribution is 2.23. The highest BCUT2D eigenvalue weighted by Gasteiger charge is 2.27. The Hall–Kier alpha value is -2.58. The minimum absolute atomic E-state index is 0.0763. The summed E-state index contributed by atoms with van der Waals surface area (Å²) in [6.07, 6.45) is -1.19. The molecule has 23 heavy (non-hydrogen) atoms. The SMILES string of the molecule is CC(=O)NC(C)(C)c1noc(-c2ccc(OCC(F)F)nc2)n1. The molecular formula is C14H16F2N4O3. The summed E-state index contributed by atoms with van der Waals surface area (Å²) in [5.74, 6) is 0.364. The normalized spacial score (nSPS) is 11.6. The molecule has 7 nitrogen and oxygen atoms in total. The molecule has 124 valence electrons. The third-order valence-corrected chi connectivity index (χ3v) is 2.81. The van der Waals surface area contributed by atoms with Gasteiger partial charge in [0.25, 0.3) is 12.3 Å². The molecule has 0 radical (unpaired) electrons. The smallest absolute Gasteiger partial charge is 0.272 e. The first-order valence-electron chi connectivity index (χ1n) is 6.78. The minimum atomic E-state index is -2.56. The van der Waals surface area contributed by atoms with E-state index in [4.69, 9.17) is 9.26 Å². The molecule has 0 aliphatic rings. The Balaban J connectivity index is 2.12. The van der Waals surface area contributed by atoms with Crippen LogP contribution in [0.15, 0.2) is 22.9 Å². The Morgan fingerprint density at radius 1 is 1.43 bits per heavy atom. The van der Waals surface area contributed by atoms with E-state index < -0.39 is 18.6 Å². The van der Waals surface area contributed by atoms with Crippen LogP contribution in [0.4, 0.5) is 8.78 Å². The topological polar surface area (TPSA) is 90.1 Å². The van der Waals surface area contributed by atoms with Gasteiger partial charge in [-0.15, -0.1) is 0 Å². The maximum Gasteiger partial charge on any atom is 0.272 e. The van der Waals surface area contributed by atoms with Gasteiger partial charge in [-0.3, -0.25) is 4.79 Å². The van der Waals surface area contributed by atoms with Crippen molar-refractivity contribution in [3.63, 3.8) is 0 Å². The van der Waals surface area contributed by atoms with Crippen molar-refractivity contribution in [2.75, 3.05) is 6.61 Å². The number of alkyl halides is 2. The first-order chi connectivity index (χ1) is 10.8. The molecule has 2 aromatic heterocycles. The lowest BCUT2D eigenvalue weighted by molar-refractivity contribution is -0.120. The number of carbonyl (C=O) groups is 1. The van der Waals surface area contributed by atoms with Crippen molar-refractivity contribution in [3.8, 4) is 17.3 Å². The molecule has 0 saturated heterocycles. The van der Waals surface area contributed by atoms with Crippen LogP contribution in [-0.4, -0.2) is 34.1 Å². The molecule has 2 rings (SSSR count). The Bertz CT molecular complexity index is 671. The average Bonchev–Trinajstić information content (AvgIpc) is 2.95. The van der Waals surface area contributed by atoms with Crippen LogP contribution in [0.25, 0.3) is 11.5 Å². The number of nitrogens with one attached hydrogen (secondary N) is 1. The number of aromatic nitrogens is 3. The van der Waals surface area contributed by atoms with Gasteiger partial charge in [0.1, 0.15) is 0 Å². The second-order valence-corrected chi connectivity index (χ2v) is 5.32. The lowest BCUT2D eigenvalue weighted by Gasteiger charge is -2.20. The monoisotopic (exact) mass is 326 g/mol. The van der Waals surface area contributed by atoms with Crippen molar-refractivity contribution in [3.05, 3.63) is 24.2 Å². The van der Waals surface area contributed by atoms with E-state index >= 15 is 0 Å². The van der Waals surface area contributed by atoms with Crippen LogP contribution >= 0.6 is 0 Å². The number of hydrogen-bond acceptors (Lipinski definition) is 6. The van der Waals surface area contributed by atoms with Gasteiger partial charge in [-0.05, 0) is 19.9 Å². The summed E-state index contributed by atoms with van der Waals surface area (Å²) < 4.78 is 34.0. The highest BCUT2D eigenvalue weighted by molar-refractivity contribution is 5.73. The fraction of sp³-hybridized carbons (Fsp3) is 0.429. The van der Waals surface area contributed by atoms with Crippen LogP contribution in [0.3, 0.4) is 0 Å². The Kier molecular flexibility index (Phi) is 4.87. The van der Waals surface area contributed by atoms with E-state index in [2.05, 4.69) is 20.4 Å². The molecule has 0 aliphatic heterocycles. The summed E-state index contributed by atoms with van der Waals surface area (Å²) in [4.78, 5) is 19.3. The number of carbonyl (C=O) groups excluding carboxylic acids is 1. The van der Waals surface area contributed by atoms with Gasteiger partial charge in [-0.2, -0.15) is 4.98 Å². The summed E-state index contributed by atoms with van der Waals surface area (Å²) in [6.45, 7) is 4.15. The van der Waals surface area contributed by atoms with Gasteiger partial charge in [0.05, 0.1) is 11.1 Å². The van der Waals surface area contributed by atoms with Gasteiger partial charge in [0.15, 0.2) is 12.4 Å². The van der Waals surface area contributed by atoms with Gasteiger partial charge in [0.2, 0.25) is 11.8 Å². The van der Waals surface area contributed by atoms with Crippen molar-refractivity contribution in [2.45, 2.75) is 32.7 Å². The standard InChI is InChI=1S/C14H16F2N4O3/c1-8(21)19-14(2,3)13-18-12(23-20-13)9-4-5-11(17-6-9)22-7-10(15)16/h4-6,10H,7H2,1-3H3,(H,19,21). The van der Waals surface area contributed by atoms with Gasteiger partial charge >= 0.3 is 0 Å². The third-order valence-electron chi connectivity index (χ3n) is 2.81. The molecule has 1 N–H and O–H groups in total. The Morgan fingerprint density at radius 2 is 2.17 bits per heavy atom. The number of pyridine rings is 1. The van der Waals surface area contributed by atoms with Crippen LogP contribution in [-0.2, 0) is 10.3 Å². The summed E-state index contributed by atoms with van der Waals surface area (Å²) in [6, 6.07) is 3.00. The van der Waals surface area contributed by atoms with E-state index in [0.717, 1.165) is 0 Å². The Labute approximate surface area is 131 Å². The molecule has 9 heteroatoms. The fourth-order valence-electron chi connectivity index (χ4n) is 1.83. The molecule has 0 bridgehead atoms. The summed E-state index contributed by atoms with van der Waals surface area (Å²) >= 11 is 0. The number of ether oxygens (including phenoxy) is 1. The highest BCUT2D eigenvalue weighted by atomic mass is 19.3. The van der Waals surface area contributed by atoms with E-state index in [1.807, 2.05) is 0 Å². The van der Waals surface area contributed by atoms with E-state index in [1.54, 1.807) is 19.9 Å². The first-order valence-corrected chi connectivity index (χ1v) is 6.78. The molecule has 0 atom stereocenters. The van der Waals surface area contributed by atoms with Gasteiger partial charge in [0, 0.05) is 19.2 Å². The molecule has 0 unspecified atom stereocenters. The lowest BCUT2D eigenvalue weighted by atomic mass is 10.1. The minimum Gasteiger partial charge on any atom is -0.472 e. The molecule has 0 spiro atoms. The Morgan fingerprint density at radius 3 is 2.74 bits per heavy atom. The number of halogens is 2. The summed E-state index contributed by atoms with van der Waals surface area (Å²) in [5, 5.41) is 6.55. The molecule has 0 saturated carbocycles. The summed E-state index contributed by atoms with van der Waals surface area (Å²) in [7, 11) is 0. The third kappa shape index (κ3) is 4.44. The number of hydrogen-bond donors (Lipinski definition) is 1. The van der Waals surface area contributed by atoms with Crippen LogP contribution in [0.5, 0.6) is 5.88 Å². The molecule has 1 amide bonds. The van der Waals surface area contributed by atoms with Gasteiger partial charge < -0.3 is 14.6 Å². The van der Waals surface area contributed by atoms with E-state index in [-0.39, 0.29) is 17.7 Å². The van der Waals surface area contributed by atoms with E-state index in [9.17, 15) is 13.6 Å².